The molecule has 3 rings (SSSR count). The first kappa shape index (κ1) is 17.9. The molecule has 0 aliphatic carbocycles. The van der Waals surface area contributed by atoms with Crippen molar-refractivity contribution >= 4 is 0 Å². The van der Waals surface area contributed by atoms with Crippen molar-refractivity contribution in [3.8, 4) is 0 Å². The molecule has 2 heterocycles. The van der Waals surface area contributed by atoms with Gasteiger partial charge in [0.2, 0.25) is 0 Å². The largest absolute Gasteiger partial charge is 0.316 e. The van der Waals surface area contributed by atoms with Crippen molar-refractivity contribution in [2.45, 2.75) is 19.9 Å². The molecule has 0 bridgehead atoms. The fourth-order valence-corrected chi connectivity index (χ4v) is 4.00. The summed E-state index contributed by atoms with van der Waals surface area (Å²) >= 11 is 0. The Morgan fingerprint density at radius 1 is 1.08 bits per heavy atom. The molecule has 0 amide bonds. The Labute approximate surface area is 147 Å². The molecule has 1 aromatic carbocycles. The number of rotatable bonds is 7. The van der Waals surface area contributed by atoms with E-state index in [9.17, 15) is 0 Å². The molecule has 0 saturated carbocycles. The van der Waals surface area contributed by atoms with Crippen molar-refractivity contribution in [3.63, 3.8) is 0 Å². The summed E-state index contributed by atoms with van der Waals surface area (Å²) in [6.07, 6.45) is 1.33. The van der Waals surface area contributed by atoms with Gasteiger partial charge in [0.05, 0.1) is 0 Å². The Bertz CT molecular complexity index is 476. The summed E-state index contributed by atoms with van der Waals surface area (Å²) < 4.78 is 0. The molecule has 0 aromatic heterocycles. The maximum atomic E-state index is 3.52. The van der Waals surface area contributed by atoms with Crippen LogP contribution in [0.3, 0.4) is 0 Å². The Hall–Kier alpha value is -0.940. The molecular formula is C20H34N4. The normalized spacial score (nSPS) is 26.3. The molecule has 1 atom stereocenters. The summed E-state index contributed by atoms with van der Waals surface area (Å²) in [5, 5.41) is 3.52. The van der Waals surface area contributed by atoms with E-state index < -0.39 is 0 Å². The third-order valence-electron chi connectivity index (χ3n) is 5.62. The minimum Gasteiger partial charge on any atom is -0.316 e. The molecule has 4 nitrogen and oxygen atoms in total. The zero-order valence-corrected chi connectivity index (χ0v) is 15.5. The first-order valence-corrected chi connectivity index (χ1v) is 9.51. The van der Waals surface area contributed by atoms with Gasteiger partial charge in [-0.25, -0.2) is 0 Å². The van der Waals surface area contributed by atoms with E-state index in [4.69, 9.17) is 0 Å². The third kappa shape index (κ3) is 5.28. The molecular weight excluding hydrogens is 296 g/mol. The number of hydrogen-bond donors (Lipinski definition) is 1. The predicted octanol–water partition coefficient (Wildman–Crippen LogP) is 1.74. The summed E-state index contributed by atoms with van der Waals surface area (Å²) in [4.78, 5) is 7.75. The van der Waals surface area contributed by atoms with Crippen LogP contribution < -0.4 is 5.32 Å². The van der Waals surface area contributed by atoms with Crippen LogP contribution in [0.5, 0.6) is 0 Å². The molecule has 2 aliphatic rings. The van der Waals surface area contributed by atoms with E-state index in [-0.39, 0.29) is 0 Å². The molecule has 134 valence electrons. The first-order chi connectivity index (χ1) is 11.6. The second-order valence-electron chi connectivity index (χ2n) is 8.08. The molecule has 2 saturated heterocycles. The molecule has 1 aromatic rings. The van der Waals surface area contributed by atoms with Gasteiger partial charge in [0.15, 0.2) is 0 Å². The minimum atomic E-state index is 0.498. The quantitative estimate of drug-likeness (QED) is 0.822. The molecule has 0 radical (unpaired) electrons. The van der Waals surface area contributed by atoms with Crippen molar-refractivity contribution in [1.82, 2.24) is 20.0 Å². The summed E-state index contributed by atoms with van der Waals surface area (Å²) in [7, 11) is 2.23. The van der Waals surface area contributed by atoms with Gasteiger partial charge in [0.1, 0.15) is 0 Å². The molecule has 4 heteroatoms. The van der Waals surface area contributed by atoms with Crippen LogP contribution in [-0.4, -0.2) is 80.7 Å². The SMILES string of the molecule is CN(CCN1CCN(CC2(C)CCNC2)CC1)Cc1ccccc1. The number of benzene rings is 1. The minimum absolute atomic E-state index is 0.498. The van der Waals surface area contributed by atoms with Crippen LogP contribution in [0.4, 0.5) is 0 Å². The number of nitrogens with zero attached hydrogens (tertiary/aromatic N) is 3. The van der Waals surface area contributed by atoms with Gasteiger partial charge in [0.25, 0.3) is 0 Å². The Morgan fingerprint density at radius 2 is 1.79 bits per heavy atom. The topological polar surface area (TPSA) is 21.8 Å². The zero-order valence-electron chi connectivity index (χ0n) is 15.5. The second-order valence-corrected chi connectivity index (χ2v) is 8.08. The van der Waals surface area contributed by atoms with Crippen molar-refractivity contribution < 1.29 is 0 Å². The van der Waals surface area contributed by atoms with Crippen LogP contribution in [0.1, 0.15) is 18.9 Å². The average Bonchev–Trinajstić information content (AvgIpc) is 3.01. The maximum absolute atomic E-state index is 3.52. The van der Waals surface area contributed by atoms with E-state index >= 15 is 0 Å². The van der Waals surface area contributed by atoms with Gasteiger partial charge in [-0.3, -0.25) is 4.90 Å². The van der Waals surface area contributed by atoms with Crippen molar-refractivity contribution in [3.05, 3.63) is 35.9 Å². The lowest BCUT2D eigenvalue weighted by Crippen LogP contribution is -2.50. The lowest BCUT2D eigenvalue weighted by Gasteiger charge is -2.39. The van der Waals surface area contributed by atoms with Crippen LogP contribution in [0.2, 0.25) is 0 Å². The molecule has 2 fully saturated rings. The fourth-order valence-electron chi connectivity index (χ4n) is 4.00. The maximum Gasteiger partial charge on any atom is 0.0231 e. The highest BCUT2D eigenvalue weighted by Gasteiger charge is 2.31. The van der Waals surface area contributed by atoms with E-state index in [1.165, 1.54) is 64.3 Å². The number of piperazine rings is 1. The van der Waals surface area contributed by atoms with Crippen LogP contribution in [0.25, 0.3) is 0 Å². The van der Waals surface area contributed by atoms with E-state index in [0.717, 1.165) is 13.1 Å². The van der Waals surface area contributed by atoms with Gasteiger partial charge in [-0.05, 0) is 31.0 Å². The molecule has 1 N–H and O–H groups in total. The van der Waals surface area contributed by atoms with Crippen molar-refractivity contribution in [2.75, 3.05) is 66.0 Å². The van der Waals surface area contributed by atoms with Crippen LogP contribution in [-0.2, 0) is 6.54 Å². The highest BCUT2D eigenvalue weighted by atomic mass is 15.3. The van der Waals surface area contributed by atoms with Gasteiger partial charge < -0.3 is 15.1 Å². The third-order valence-corrected chi connectivity index (χ3v) is 5.62. The Balaban J connectivity index is 1.33. The standard InChI is InChI=1S/C20H34N4/c1-20(8-9-21-17-20)18-24-14-12-23(13-15-24)11-10-22(2)16-19-6-4-3-5-7-19/h3-7,21H,8-18H2,1-2H3. The van der Waals surface area contributed by atoms with Crippen LogP contribution >= 0.6 is 0 Å². The molecule has 1 unspecified atom stereocenters. The summed E-state index contributed by atoms with van der Waals surface area (Å²) in [6.45, 7) is 14.4. The highest BCUT2D eigenvalue weighted by Crippen LogP contribution is 2.26. The van der Waals surface area contributed by atoms with E-state index in [0.29, 0.717) is 5.41 Å². The Kier molecular flexibility index (Phi) is 6.28. The van der Waals surface area contributed by atoms with Gasteiger partial charge in [-0.2, -0.15) is 0 Å². The fraction of sp³-hybridized carbons (Fsp3) is 0.700. The number of nitrogens with one attached hydrogen (secondary N) is 1. The van der Waals surface area contributed by atoms with E-state index in [1.807, 2.05) is 0 Å². The second kappa shape index (κ2) is 8.43. The lowest BCUT2D eigenvalue weighted by atomic mass is 9.89. The van der Waals surface area contributed by atoms with Crippen LogP contribution in [0.15, 0.2) is 30.3 Å². The molecule has 0 spiro atoms. The van der Waals surface area contributed by atoms with Crippen LogP contribution in [0, 0.1) is 5.41 Å². The molecule has 24 heavy (non-hydrogen) atoms. The van der Waals surface area contributed by atoms with Gasteiger partial charge >= 0.3 is 0 Å². The summed E-state index contributed by atoms with van der Waals surface area (Å²) in [5.41, 5.74) is 1.90. The average molecular weight is 331 g/mol. The first-order valence-electron chi connectivity index (χ1n) is 9.51. The zero-order chi connectivity index (χ0) is 16.8. The van der Waals surface area contributed by atoms with Gasteiger partial charge in [0, 0.05) is 58.9 Å². The van der Waals surface area contributed by atoms with E-state index in [2.05, 4.69) is 64.3 Å². The number of likely N-dealkylation sites (N-methyl/N-ethyl adjacent to an activating group) is 1. The van der Waals surface area contributed by atoms with E-state index in [1.54, 1.807) is 0 Å². The highest BCUT2D eigenvalue weighted by molar-refractivity contribution is 5.14. The van der Waals surface area contributed by atoms with Crippen molar-refractivity contribution in [1.29, 1.82) is 0 Å². The number of hydrogen-bond acceptors (Lipinski definition) is 4. The Morgan fingerprint density at radius 3 is 2.46 bits per heavy atom. The predicted molar refractivity (Wildman–Crippen MR) is 101 cm³/mol. The summed E-state index contributed by atoms with van der Waals surface area (Å²) in [5.74, 6) is 0. The summed E-state index contributed by atoms with van der Waals surface area (Å²) in [6, 6.07) is 10.8. The van der Waals surface area contributed by atoms with Gasteiger partial charge in [-0.15, -0.1) is 0 Å². The van der Waals surface area contributed by atoms with Gasteiger partial charge in [-0.1, -0.05) is 37.3 Å². The monoisotopic (exact) mass is 330 g/mol. The lowest BCUT2D eigenvalue weighted by molar-refractivity contribution is 0.0911. The van der Waals surface area contributed by atoms with Crippen molar-refractivity contribution in [2.24, 2.45) is 5.41 Å². The molecule has 2 aliphatic heterocycles. The smallest absolute Gasteiger partial charge is 0.0231 e.